The first kappa shape index (κ1) is 10.5. The van der Waals surface area contributed by atoms with Crippen molar-refractivity contribution in [1.82, 2.24) is 0 Å². The molecule has 0 heterocycles. The minimum atomic E-state index is -0.602. The number of carbonyl (C=O) groups is 1. The molecular weight excluding hydrogens is 140 g/mol. The first-order valence-electron chi connectivity index (χ1n) is 4.53. The van der Waals surface area contributed by atoms with Gasteiger partial charge < -0.3 is 5.11 Å². The van der Waals surface area contributed by atoms with Gasteiger partial charge in [-0.05, 0) is 12.8 Å². The van der Waals surface area contributed by atoms with Crippen LogP contribution in [0.4, 0.5) is 0 Å². The third-order valence-electron chi connectivity index (χ3n) is 1.95. The Balaban J connectivity index is 0.000000461. The first-order valence-corrected chi connectivity index (χ1v) is 4.53. The van der Waals surface area contributed by atoms with Gasteiger partial charge in [-0.1, -0.05) is 33.1 Å². The summed E-state index contributed by atoms with van der Waals surface area (Å²) in [7, 11) is 0. The molecule has 11 heavy (non-hydrogen) atoms. The van der Waals surface area contributed by atoms with Gasteiger partial charge in [-0.2, -0.15) is 0 Å². The minimum Gasteiger partial charge on any atom is -0.481 e. The number of hydrogen-bond donors (Lipinski definition) is 1. The van der Waals surface area contributed by atoms with Gasteiger partial charge in [-0.3, -0.25) is 4.79 Å². The van der Waals surface area contributed by atoms with Crippen molar-refractivity contribution in [2.75, 3.05) is 0 Å². The highest BCUT2D eigenvalue weighted by atomic mass is 16.4. The number of carboxylic acid groups (broad SMARTS) is 1. The fourth-order valence-corrected chi connectivity index (χ4v) is 1.35. The van der Waals surface area contributed by atoms with Gasteiger partial charge in [0.25, 0.3) is 0 Å². The van der Waals surface area contributed by atoms with Gasteiger partial charge >= 0.3 is 5.97 Å². The Morgan fingerprint density at radius 3 is 1.91 bits per heavy atom. The lowest BCUT2D eigenvalue weighted by Gasteiger charge is -2.16. The molecule has 66 valence electrons. The second-order valence-corrected chi connectivity index (χ2v) is 2.67. The summed E-state index contributed by atoms with van der Waals surface area (Å²) in [4.78, 5) is 10.4. The summed E-state index contributed by atoms with van der Waals surface area (Å²) in [5.74, 6) is -0.631. The summed E-state index contributed by atoms with van der Waals surface area (Å²) in [6.45, 7) is 4.00. The highest BCUT2D eigenvalue weighted by Gasteiger charge is 2.19. The summed E-state index contributed by atoms with van der Waals surface area (Å²) >= 11 is 0. The highest BCUT2D eigenvalue weighted by molar-refractivity contribution is 5.69. The molecule has 0 aromatic heterocycles. The minimum absolute atomic E-state index is 0.0289. The summed E-state index contributed by atoms with van der Waals surface area (Å²) in [5, 5.41) is 8.54. The highest BCUT2D eigenvalue weighted by Crippen LogP contribution is 2.23. The van der Waals surface area contributed by atoms with Gasteiger partial charge in [0.2, 0.25) is 0 Å². The van der Waals surface area contributed by atoms with E-state index in [1.54, 1.807) is 0 Å². The lowest BCUT2D eigenvalue weighted by molar-refractivity contribution is -0.142. The average Bonchev–Trinajstić information content (AvgIpc) is 2.10. The molecule has 2 nitrogen and oxygen atoms in total. The van der Waals surface area contributed by atoms with Crippen LogP contribution in [-0.4, -0.2) is 11.1 Å². The fourth-order valence-electron chi connectivity index (χ4n) is 1.35. The molecule has 0 spiro atoms. The van der Waals surface area contributed by atoms with Crippen molar-refractivity contribution in [3.63, 3.8) is 0 Å². The van der Waals surface area contributed by atoms with E-state index in [0.29, 0.717) is 0 Å². The van der Waals surface area contributed by atoms with Crippen molar-refractivity contribution in [2.45, 2.75) is 46.0 Å². The molecule has 0 amide bonds. The van der Waals surface area contributed by atoms with Crippen LogP contribution in [0.3, 0.4) is 0 Å². The first-order chi connectivity index (χ1) is 5.30. The Labute approximate surface area is 68.6 Å². The topological polar surface area (TPSA) is 37.3 Å². The van der Waals surface area contributed by atoms with Crippen LogP contribution in [-0.2, 0) is 4.79 Å². The molecule has 0 radical (unpaired) electrons. The Kier molecular flexibility index (Phi) is 5.90. The molecule has 0 bridgehead atoms. The van der Waals surface area contributed by atoms with Crippen LogP contribution in [0.2, 0.25) is 0 Å². The maximum Gasteiger partial charge on any atom is 0.306 e. The Hall–Kier alpha value is -0.530. The van der Waals surface area contributed by atoms with E-state index in [1.165, 1.54) is 6.42 Å². The third-order valence-corrected chi connectivity index (χ3v) is 1.95. The van der Waals surface area contributed by atoms with Crippen molar-refractivity contribution < 1.29 is 9.90 Å². The van der Waals surface area contributed by atoms with Gasteiger partial charge in [0.1, 0.15) is 0 Å². The molecule has 1 saturated carbocycles. The largest absolute Gasteiger partial charge is 0.481 e. The predicted octanol–water partition coefficient (Wildman–Crippen LogP) is 2.68. The van der Waals surface area contributed by atoms with Crippen LogP contribution >= 0.6 is 0 Å². The zero-order valence-corrected chi connectivity index (χ0v) is 7.47. The second kappa shape index (κ2) is 6.20. The number of hydrogen-bond acceptors (Lipinski definition) is 1. The molecular formula is C9H18O2. The summed E-state index contributed by atoms with van der Waals surface area (Å²) < 4.78 is 0. The van der Waals surface area contributed by atoms with E-state index in [0.717, 1.165) is 25.7 Å². The van der Waals surface area contributed by atoms with Crippen LogP contribution in [0.1, 0.15) is 46.0 Å². The zero-order valence-electron chi connectivity index (χ0n) is 7.47. The van der Waals surface area contributed by atoms with E-state index in [-0.39, 0.29) is 5.92 Å². The van der Waals surface area contributed by atoms with E-state index in [9.17, 15) is 4.79 Å². The molecule has 1 fully saturated rings. The predicted molar refractivity (Wildman–Crippen MR) is 45.6 cm³/mol. The van der Waals surface area contributed by atoms with Crippen LogP contribution in [0.15, 0.2) is 0 Å². The normalized spacial score (nSPS) is 18.4. The van der Waals surface area contributed by atoms with E-state index >= 15 is 0 Å². The number of rotatable bonds is 1. The van der Waals surface area contributed by atoms with Crippen molar-refractivity contribution in [2.24, 2.45) is 5.92 Å². The molecule has 1 aliphatic carbocycles. The van der Waals surface area contributed by atoms with E-state index < -0.39 is 5.97 Å². The zero-order chi connectivity index (χ0) is 8.69. The van der Waals surface area contributed by atoms with Crippen LogP contribution in [0.25, 0.3) is 0 Å². The summed E-state index contributed by atoms with van der Waals surface area (Å²) in [6, 6.07) is 0. The van der Waals surface area contributed by atoms with Gasteiger partial charge in [0.05, 0.1) is 5.92 Å². The summed E-state index contributed by atoms with van der Waals surface area (Å²) in [5.41, 5.74) is 0. The second-order valence-electron chi connectivity index (χ2n) is 2.67. The molecule has 0 aromatic carbocycles. The van der Waals surface area contributed by atoms with E-state index in [4.69, 9.17) is 5.11 Å². The fraction of sp³-hybridized carbons (Fsp3) is 0.889. The van der Waals surface area contributed by atoms with E-state index in [2.05, 4.69) is 0 Å². The third kappa shape index (κ3) is 4.02. The Morgan fingerprint density at radius 2 is 1.64 bits per heavy atom. The maximum atomic E-state index is 10.4. The van der Waals surface area contributed by atoms with Gasteiger partial charge in [-0.25, -0.2) is 0 Å². The van der Waals surface area contributed by atoms with Crippen molar-refractivity contribution in [1.29, 1.82) is 0 Å². The smallest absolute Gasteiger partial charge is 0.306 e. The van der Waals surface area contributed by atoms with Gasteiger partial charge in [0, 0.05) is 0 Å². The standard InChI is InChI=1S/C7H12O2.C2H6/c8-7(9)6-4-2-1-3-5-6;1-2/h6H,1-5H2,(H,8,9);1-2H3. The summed E-state index contributed by atoms with van der Waals surface area (Å²) in [6.07, 6.45) is 5.24. The molecule has 2 heteroatoms. The van der Waals surface area contributed by atoms with Crippen molar-refractivity contribution >= 4 is 5.97 Å². The number of carboxylic acids is 1. The molecule has 0 unspecified atom stereocenters. The molecule has 1 aliphatic rings. The Bertz CT molecular complexity index is 104. The van der Waals surface area contributed by atoms with E-state index in [1.807, 2.05) is 13.8 Å². The molecule has 0 atom stereocenters. The quantitative estimate of drug-likeness (QED) is 0.637. The van der Waals surface area contributed by atoms with Crippen LogP contribution in [0, 0.1) is 5.92 Å². The van der Waals surface area contributed by atoms with Crippen LogP contribution < -0.4 is 0 Å². The number of aliphatic carboxylic acids is 1. The van der Waals surface area contributed by atoms with Crippen molar-refractivity contribution in [3.05, 3.63) is 0 Å². The van der Waals surface area contributed by atoms with Crippen molar-refractivity contribution in [3.8, 4) is 0 Å². The molecule has 0 saturated heterocycles. The lowest BCUT2D eigenvalue weighted by atomic mass is 9.90. The monoisotopic (exact) mass is 158 g/mol. The Morgan fingerprint density at radius 1 is 1.18 bits per heavy atom. The molecule has 1 N–H and O–H groups in total. The molecule has 1 rings (SSSR count). The van der Waals surface area contributed by atoms with Crippen LogP contribution in [0.5, 0.6) is 0 Å². The average molecular weight is 158 g/mol. The molecule has 0 aliphatic heterocycles. The van der Waals surface area contributed by atoms with Gasteiger partial charge in [-0.15, -0.1) is 0 Å². The molecule has 0 aromatic rings. The lowest BCUT2D eigenvalue weighted by Crippen LogP contribution is -2.16. The maximum absolute atomic E-state index is 10.4. The van der Waals surface area contributed by atoms with Gasteiger partial charge in [0.15, 0.2) is 0 Å². The SMILES string of the molecule is CC.O=C(O)C1CCCCC1.